The molecule has 13 heteroatoms. The maximum atomic E-state index is 14.2. The van der Waals surface area contributed by atoms with Crippen LogP contribution in [-0.2, 0) is 23.2 Å². The van der Waals surface area contributed by atoms with Gasteiger partial charge in [-0.3, -0.25) is 18.6 Å². The lowest BCUT2D eigenvalue weighted by Gasteiger charge is -2.49. The van der Waals surface area contributed by atoms with Gasteiger partial charge in [0, 0.05) is 37.1 Å². The number of likely N-dealkylation sites (tertiary alicyclic amines) is 2. The van der Waals surface area contributed by atoms with E-state index in [4.69, 9.17) is 18.5 Å². The molecule has 0 aromatic heterocycles. The average Bonchev–Trinajstić information content (AvgIpc) is 3.60. The summed E-state index contributed by atoms with van der Waals surface area (Å²) in [6.45, 7) is 7.59. The van der Waals surface area contributed by atoms with Crippen LogP contribution >= 0.6 is 7.82 Å². The van der Waals surface area contributed by atoms with Crippen LogP contribution in [0.1, 0.15) is 87.7 Å². The lowest BCUT2D eigenvalue weighted by atomic mass is 9.85. The van der Waals surface area contributed by atoms with E-state index in [-0.39, 0.29) is 11.8 Å². The SMILES string of the molecule is CC1(C)Oc2ccc(C#N)cc2[C@@H](N2CCCC2=O)[C@@H]1OP(=O)(O)O[C@H]1[C@@H](N2CCCC2=O)c2cc(C#N)ccc2OC1(C)C. The van der Waals surface area contributed by atoms with E-state index in [1.165, 1.54) is 0 Å². The Hall–Kier alpha value is -3.93. The third kappa shape index (κ3) is 5.57. The van der Waals surface area contributed by atoms with Crippen LogP contribution in [0.4, 0.5) is 0 Å². The maximum absolute atomic E-state index is 14.2. The van der Waals surface area contributed by atoms with E-state index < -0.39 is 43.3 Å². The van der Waals surface area contributed by atoms with Crippen LogP contribution in [0.3, 0.4) is 0 Å². The Kier molecular flexibility index (Phi) is 7.70. The highest BCUT2D eigenvalue weighted by Crippen LogP contribution is 2.58. The first-order valence-corrected chi connectivity index (χ1v) is 16.5. The van der Waals surface area contributed by atoms with Gasteiger partial charge in [0.2, 0.25) is 11.8 Å². The van der Waals surface area contributed by atoms with Gasteiger partial charge in [0.25, 0.3) is 0 Å². The average molecular weight is 635 g/mol. The van der Waals surface area contributed by atoms with Crippen LogP contribution in [-0.4, -0.2) is 63.0 Å². The number of phosphoric acid groups is 1. The van der Waals surface area contributed by atoms with E-state index in [2.05, 4.69) is 12.1 Å². The van der Waals surface area contributed by atoms with Crippen molar-refractivity contribution in [2.45, 2.75) is 88.9 Å². The fourth-order valence-corrected chi connectivity index (χ4v) is 8.29. The van der Waals surface area contributed by atoms with Gasteiger partial charge in [-0.2, -0.15) is 10.5 Å². The van der Waals surface area contributed by atoms with Gasteiger partial charge >= 0.3 is 7.82 Å². The number of rotatable bonds is 6. The molecule has 0 saturated carbocycles. The summed E-state index contributed by atoms with van der Waals surface area (Å²) in [6, 6.07) is 12.3. The summed E-state index contributed by atoms with van der Waals surface area (Å²) in [5.74, 6) is 0.591. The molecule has 45 heavy (non-hydrogen) atoms. The molecule has 2 aromatic carbocycles. The number of hydrogen-bond acceptors (Lipinski definition) is 9. The summed E-state index contributed by atoms with van der Waals surface area (Å²) in [7, 11) is -5.01. The molecule has 2 aromatic rings. The number of benzene rings is 2. The molecule has 2 fully saturated rings. The molecule has 0 bridgehead atoms. The molecule has 6 rings (SSSR count). The van der Waals surface area contributed by atoms with Crippen LogP contribution < -0.4 is 9.47 Å². The van der Waals surface area contributed by atoms with Crippen molar-refractivity contribution in [2.24, 2.45) is 0 Å². The number of phosphoric ester groups is 1. The van der Waals surface area contributed by atoms with Crippen molar-refractivity contribution in [3.63, 3.8) is 0 Å². The molecule has 0 spiro atoms. The first-order valence-electron chi connectivity index (χ1n) is 15.0. The van der Waals surface area contributed by atoms with Gasteiger partial charge in [0.15, 0.2) is 0 Å². The van der Waals surface area contributed by atoms with Crippen molar-refractivity contribution < 1.29 is 37.6 Å². The van der Waals surface area contributed by atoms with E-state index in [0.717, 1.165) is 0 Å². The third-order valence-electron chi connectivity index (χ3n) is 8.99. The molecule has 1 N–H and O–H groups in total. The number of nitriles is 2. The molecule has 5 atom stereocenters. The first-order chi connectivity index (χ1) is 21.2. The zero-order valence-electron chi connectivity index (χ0n) is 25.6. The Bertz CT molecular complexity index is 1580. The smallest absolute Gasteiger partial charge is 0.473 e. The van der Waals surface area contributed by atoms with Crippen molar-refractivity contribution >= 4 is 19.6 Å². The van der Waals surface area contributed by atoms with Crippen LogP contribution in [0.25, 0.3) is 0 Å². The molecular formula is C32H35N4O8P. The molecule has 236 valence electrons. The van der Waals surface area contributed by atoms with Gasteiger partial charge in [0.1, 0.15) is 34.9 Å². The Balaban J connectivity index is 1.40. The van der Waals surface area contributed by atoms with E-state index >= 15 is 0 Å². The Labute approximate surface area is 261 Å². The van der Waals surface area contributed by atoms with Crippen LogP contribution in [0.5, 0.6) is 11.5 Å². The molecule has 1 unspecified atom stereocenters. The first kappa shape index (κ1) is 31.1. The fourth-order valence-electron chi connectivity index (χ4n) is 6.92. The van der Waals surface area contributed by atoms with Crippen molar-refractivity contribution in [1.82, 2.24) is 9.80 Å². The molecule has 2 amide bonds. The Morgan fingerprint density at radius 3 is 1.53 bits per heavy atom. The standard InChI is InChI=1S/C32H35N4O8P/c1-31(2)29(27(35-13-5-7-25(35)37)21-15-19(17-33)9-11-23(21)41-31)43-45(39,40)44-30-28(36-14-6-8-26(36)38)22-16-20(18-34)10-12-24(22)42-32(30,3)4/h9-12,15-16,27-30H,5-8,13-14H2,1-4H3,(H,39,40)/t27-,28+,29-,30-/m0/s1. The van der Waals surface area contributed by atoms with Crippen LogP contribution in [0, 0.1) is 22.7 Å². The molecule has 0 radical (unpaired) electrons. The summed E-state index contributed by atoms with van der Waals surface area (Å²) in [4.78, 5) is 40.9. The molecule has 4 aliphatic rings. The molecule has 2 saturated heterocycles. The summed E-state index contributed by atoms with van der Waals surface area (Å²) < 4.78 is 38.8. The number of carbonyl (C=O) groups is 2. The van der Waals surface area contributed by atoms with Gasteiger partial charge in [-0.1, -0.05) is 0 Å². The fraction of sp³-hybridized carbons (Fsp3) is 0.500. The summed E-state index contributed by atoms with van der Waals surface area (Å²) in [5, 5.41) is 19.2. The quantitative estimate of drug-likeness (QED) is 0.442. The normalized spacial score (nSPS) is 27.8. The lowest BCUT2D eigenvalue weighted by molar-refractivity contribution is -0.144. The van der Waals surface area contributed by atoms with Gasteiger partial charge in [-0.15, -0.1) is 0 Å². The van der Waals surface area contributed by atoms with Gasteiger partial charge in [-0.25, -0.2) is 4.57 Å². The minimum Gasteiger partial charge on any atom is -0.485 e. The number of nitrogens with zero attached hydrogens (tertiary/aromatic N) is 4. The van der Waals surface area contributed by atoms with E-state index in [0.29, 0.717) is 72.5 Å². The number of hydrogen-bond donors (Lipinski definition) is 1. The Morgan fingerprint density at radius 2 is 1.20 bits per heavy atom. The number of carbonyl (C=O) groups excluding carboxylic acids is 2. The summed E-state index contributed by atoms with van der Waals surface area (Å²) >= 11 is 0. The monoisotopic (exact) mass is 634 g/mol. The van der Waals surface area contributed by atoms with Gasteiger partial charge in [-0.05, 0) is 76.9 Å². The van der Waals surface area contributed by atoms with E-state index in [1.54, 1.807) is 73.9 Å². The predicted octanol–water partition coefficient (Wildman–Crippen LogP) is 4.67. The maximum Gasteiger partial charge on any atom is 0.473 e. The van der Waals surface area contributed by atoms with Crippen LogP contribution in [0.15, 0.2) is 36.4 Å². The summed E-state index contributed by atoms with van der Waals surface area (Å²) in [6.07, 6.45) is -0.536. The van der Waals surface area contributed by atoms with Gasteiger partial charge in [0.05, 0.1) is 35.3 Å². The highest BCUT2D eigenvalue weighted by atomic mass is 31.2. The number of fused-ring (bicyclic) bond motifs is 2. The highest BCUT2D eigenvalue weighted by Gasteiger charge is 2.56. The molecular weight excluding hydrogens is 599 g/mol. The largest absolute Gasteiger partial charge is 0.485 e. The molecule has 0 aliphatic carbocycles. The number of ether oxygens (including phenoxy) is 2. The zero-order valence-corrected chi connectivity index (χ0v) is 26.5. The minimum absolute atomic E-state index is 0.146. The zero-order chi connectivity index (χ0) is 32.3. The number of amides is 2. The van der Waals surface area contributed by atoms with Gasteiger partial charge < -0.3 is 24.2 Å². The lowest BCUT2D eigenvalue weighted by Crippen LogP contribution is -2.56. The van der Waals surface area contributed by atoms with Crippen molar-refractivity contribution in [3.8, 4) is 23.6 Å². The van der Waals surface area contributed by atoms with Crippen molar-refractivity contribution in [2.75, 3.05) is 13.1 Å². The second-order valence-corrected chi connectivity index (χ2v) is 14.3. The molecule has 4 aliphatic heterocycles. The summed E-state index contributed by atoms with van der Waals surface area (Å²) in [5.41, 5.74) is -0.765. The van der Waals surface area contributed by atoms with E-state index in [1.807, 2.05) is 0 Å². The topological polar surface area (TPSA) is 162 Å². The molecule has 12 nitrogen and oxygen atoms in total. The second-order valence-electron chi connectivity index (χ2n) is 12.9. The van der Waals surface area contributed by atoms with Crippen molar-refractivity contribution in [1.29, 1.82) is 10.5 Å². The Morgan fingerprint density at radius 1 is 0.800 bits per heavy atom. The second kappa shape index (κ2) is 11.1. The van der Waals surface area contributed by atoms with Crippen molar-refractivity contribution in [3.05, 3.63) is 58.7 Å². The minimum atomic E-state index is -5.01. The molecule has 4 heterocycles. The van der Waals surface area contributed by atoms with E-state index in [9.17, 15) is 29.6 Å². The van der Waals surface area contributed by atoms with Crippen LogP contribution in [0.2, 0.25) is 0 Å². The predicted molar refractivity (Wildman–Crippen MR) is 159 cm³/mol. The third-order valence-corrected chi connectivity index (χ3v) is 9.98. The highest BCUT2D eigenvalue weighted by molar-refractivity contribution is 7.47.